The molecule has 0 aromatic carbocycles. The molecular weight excluding hydrogens is 288 g/mol. The highest BCUT2D eigenvalue weighted by molar-refractivity contribution is 5.74. The highest BCUT2D eigenvalue weighted by atomic mass is 17.2. The minimum absolute atomic E-state index is 0.188. The van der Waals surface area contributed by atoms with Crippen LogP contribution in [0.2, 0.25) is 0 Å². The van der Waals surface area contributed by atoms with Crippen LogP contribution in [0.1, 0.15) is 65.2 Å². The second kappa shape index (κ2) is 11.4. The van der Waals surface area contributed by atoms with Gasteiger partial charge in [0.2, 0.25) is 0 Å². The van der Waals surface area contributed by atoms with Crippen LogP contribution in [0.3, 0.4) is 0 Å². The van der Waals surface area contributed by atoms with Crippen LogP contribution in [0.4, 0.5) is 0 Å². The zero-order valence-electron chi connectivity index (χ0n) is 13.7. The Morgan fingerprint density at radius 1 is 0.773 bits per heavy atom. The SMILES string of the molecule is CCCCOOC(=O)C1CCC(C(=O)OOCCCC)CC1. The van der Waals surface area contributed by atoms with E-state index < -0.39 is 0 Å². The molecule has 0 N–H and O–H groups in total. The van der Waals surface area contributed by atoms with Crippen LogP contribution in [-0.4, -0.2) is 25.2 Å². The van der Waals surface area contributed by atoms with Crippen LogP contribution < -0.4 is 0 Å². The van der Waals surface area contributed by atoms with Crippen molar-refractivity contribution < 1.29 is 29.1 Å². The molecule has 0 amide bonds. The van der Waals surface area contributed by atoms with Crippen molar-refractivity contribution in [1.29, 1.82) is 0 Å². The maximum atomic E-state index is 11.8. The predicted octanol–water partition coefficient (Wildman–Crippen LogP) is 3.34. The summed E-state index contributed by atoms with van der Waals surface area (Å²) in [4.78, 5) is 42.9. The van der Waals surface area contributed by atoms with Crippen molar-refractivity contribution in [2.24, 2.45) is 11.8 Å². The van der Waals surface area contributed by atoms with Gasteiger partial charge in [-0.05, 0) is 38.5 Å². The third-order valence-corrected chi connectivity index (χ3v) is 3.84. The van der Waals surface area contributed by atoms with Crippen LogP contribution in [-0.2, 0) is 29.1 Å². The highest BCUT2D eigenvalue weighted by Crippen LogP contribution is 2.30. The minimum Gasteiger partial charge on any atom is -0.298 e. The second-order valence-electron chi connectivity index (χ2n) is 5.70. The van der Waals surface area contributed by atoms with Gasteiger partial charge in [0.05, 0.1) is 25.0 Å². The van der Waals surface area contributed by atoms with Gasteiger partial charge in [0.15, 0.2) is 0 Å². The molecule has 128 valence electrons. The van der Waals surface area contributed by atoms with Crippen molar-refractivity contribution in [2.75, 3.05) is 13.2 Å². The van der Waals surface area contributed by atoms with Crippen LogP contribution >= 0.6 is 0 Å². The normalized spacial score (nSPS) is 21.4. The Labute approximate surface area is 132 Å². The average Bonchev–Trinajstić information content (AvgIpc) is 2.55. The molecule has 0 atom stereocenters. The summed E-state index contributed by atoms with van der Waals surface area (Å²) in [6, 6.07) is 0. The Kier molecular flexibility index (Phi) is 9.82. The fourth-order valence-corrected chi connectivity index (χ4v) is 2.31. The molecule has 0 aliphatic heterocycles. The van der Waals surface area contributed by atoms with E-state index in [1.165, 1.54) is 0 Å². The van der Waals surface area contributed by atoms with E-state index in [0.29, 0.717) is 38.9 Å². The van der Waals surface area contributed by atoms with E-state index in [-0.39, 0.29) is 23.8 Å². The Balaban J connectivity index is 2.16. The summed E-state index contributed by atoms with van der Waals surface area (Å²) in [6.45, 7) is 4.94. The first-order valence-electron chi connectivity index (χ1n) is 8.35. The van der Waals surface area contributed by atoms with E-state index in [1.807, 2.05) is 13.8 Å². The van der Waals surface area contributed by atoms with E-state index >= 15 is 0 Å². The third kappa shape index (κ3) is 7.22. The van der Waals surface area contributed by atoms with E-state index in [1.54, 1.807) is 0 Å². The standard InChI is InChI=1S/C16H28O6/c1-3-5-11-19-21-15(17)13-7-9-14(10-8-13)16(18)22-20-12-6-4-2/h13-14H,3-12H2,1-2H3. The first-order valence-corrected chi connectivity index (χ1v) is 8.35. The van der Waals surface area contributed by atoms with Gasteiger partial charge < -0.3 is 0 Å². The van der Waals surface area contributed by atoms with E-state index in [4.69, 9.17) is 19.6 Å². The van der Waals surface area contributed by atoms with Crippen molar-refractivity contribution >= 4 is 11.9 Å². The molecule has 0 aromatic rings. The number of hydrogen-bond acceptors (Lipinski definition) is 6. The van der Waals surface area contributed by atoms with Gasteiger partial charge in [0, 0.05) is 0 Å². The molecule has 1 rings (SSSR count). The van der Waals surface area contributed by atoms with E-state index in [9.17, 15) is 9.59 Å². The van der Waals surface area contributed by atoms with Gasteiger partial charge in [-0.2, -0.15) is 9.78 Å². The summed E-state index contributed by atoms with van der Waals surface area (Å²) in [5, 5.41) is 0. The predicted molar refractivity (Wildman–Crippen MR) is 79.4 cm³/mol. The van der Waals surface area contributed by atoms with Crippen LogP contribution in [0.25, 0.3) is 0 Å². The van der Waals surface area contributed by atoms with Gasteiger partial charge >= 0.3 is 11.9 Å². The number of rotatable bonds is 10. The van der Waals surface area contributed by atoms with Gasteiger partial charge in [-0.3, -0.25) is 9.78 Å². The molecule has 6 heteroatoms. The van der Waals surface area contributed by atoms with Crippen molar-refractivity contribution in [3.8, 4) is 0 Å². The summed E-state index contributed by atoms with van der Waals surface area (Å²) in [6.07, 6.45) is 6.18. The lowest BCUT2D eigenvalue weighted by Crippen LogP contribution is -2.28. The molecule has 0 spiro atoms. The molecule has 0 unspecified atom stereocenters. The number of carbonyl (C=O) groups excluding carboxylic acids is 2. The van der Waals surface area contributed by atoms with Gasteiger partial charge in [0.1, 0.15) is 0 Å². The summed E-state index contributed by atoms with van der Waals surface area (Å²) < 4.78 is 0. The number of carbonyl (C=O) groups is 2. The fraction of sp³-hybridized carbons (Fsp3) is 0.875. The molecule has 22 heavy (non-hydrogen) atoms. The summed E-state index contributed by atoms with van der Waals surface area (Å²) in [5.74, 6) is -1.04. The van der Waals surface area contributed by atoms with Gasteiger partial charge in [-0.25, -0.2) is 9.59 Å². The summed E-state index contributed by atoms with van der Waals surface area (Å²) in [7, 11) is 0. The van der Waals surface area contributed by atoms with Crippen LogP contribution in [0, 0.1) is 11.8 Å². The first kappa shape index (κ1) is 18.9. The lowest BCUT2D eigenvalue weighted by molar-refractivity contribution is -0.280. The van der Waals surface area contributed by atoms with Crippen molar-refractivity contribution in [1.82, 2.24) is 0 Å². The fourth-order valence-electron chi connectivity index (χ4n) is 2.31. The molecule has 0 bridgehead atoms. The first-order chi connectivity index (χ1) is 10.7. The second-order valence-corrected chi connectivity index (χ2v) is 5.70. The Morgan fingerprint density at radius 3 is 1.45 bits per heavy atom. The molecule has 0 aromatic heterocycles. The van der Waals surface area contributed by atoms with Gasteiger partial charge in [0.25, 0.3) is 0 Å². The summed E-state index contributed by atoms with van der Waals surface area (Å²) in [5.41, 5.74) is 0. The van der Waals surface area contributed by atoms with Gasteiger partial charge in [-0.1, -0.05) is 26.7 Å². The zero-order valence-corrected chi connectivity index (χ0v) is 13.7. The Morgan fingerprint density at radius 2 is 1.14 bits per heavy atom. The minimum atomic E-state index is -0.331. The van der Waals surface area contributed by atoms with Crippen molar-refractivity contribution in [3.05, 3.63) is 0 Å². The van der Waals surface area contributed by atoms with Crippen LogP contribution in [0.15, 0.2) is 0 Å². The molecule has 1 aliphatic carbocycles. The quantitative estimate of drug-likeness (QED) is 0.350. The molecule has 6 nitrogen and oxygen atoms in total. The van der Waals surface area contributed by atoms with Crippen LogP contribution in [0.5, 0.6) is 0 Å². The maximum Gasteiger partial charge on any atom is 0.345 e. The largest absolute Gasteiger partial charge is 0.345 e. The van der Waals surface area contributed by atoms with E-state index in [0.717, 1.165) is 25.7 Å². The molecule has 0 saturated heterocycles. The summed E-state index contributed by atoms with van der Waals surface area (Å²) >= 11 is 0. The molecule has 1 aliphatic rings. The zero-order chi connectivity index (χ0) is 16.2. The third-order valence-electron chi connectivity index (χ3n) is 3.84. The molecule has 1 saturated carbocycles. The van der Waals surface area contributed by atoms with Crippen molar-refractivity contribution in [3.63, 3.8) is 0 Å². The lowest BCUT2D eigenvalue weighted by atomic mass is 9.82. The number of unbranched alkanes of at least 4 members (excludes halogenated alkanes) is 2. The molecule has 0 heterocycles. The Bertz CT molecular complexity index is 291. The van der Waals surface area contributed by atoms with Crippen molar-refractivity contribution in [2.45, 2.75) is 65.2 Å². The molecular formula is C16H28O6. The van der Waals surface area contributed by atoms with Gasteiger partial charge in [-0.15, -0.1) is 0 Å². The molecule has 1 fully saturated rings. The van der Waals surface area contributed by atoms with E-state index in [2.05, 4.69) is 0 Å². The monoisotopic (exact) mass is 316 g/mol. The smallest absolute Gasteiger partial charge is 0.298 e. The number of hydrogen-bond donors (Lipinski definition) is 0. The highest BCUT2D eigenvalue weighted by Gasteiger charge is 2.32. The molecule has 0 radical (unpaired) electrons. The lowest BCUT2D eigenvalue weighted by Gasteiger charge is -2.24. The Hall–Kier alpha value is -1.14. The topological polar surface area (TPSA) is 71.1 Å². The average molecular weight is 316 g/mol. The maximum absolute atomic E-state index is 11.8.